The van der Waals surface area contributed by atoms with Crippen LogP contribution in [0.3, 0.4) is 0 Å². The van der Waals surface area contributed by atoms with Gasteiger partial charge in [0, 0.05) is 11.3 Å². The zero-order valence-electron chi connectivity index (χ0n) is 12.5. The summed E-state index contributed by atoms with van der Waals surface area (Å²) in [7, 11) is 0. The molecule has 0 saturated carbocycles. The average molecular weight is 302 g/mol. The minimum Gasteiger partial charge on any atom is -0.322 e. The molecule has 116 valence electrons. The number of benzene rings is 1. The third-order valence-electron chi connectivity index (χ3n) is 3.63. The highest BCUT2D eigenvalue weighted by molar-refractivity contribution is 6.04. The van der Waals surface area contributed by atoms with Crippen molar-refractivity contribution in [2.45, 2.75) is 26.2 Å². The number of nitrogens with one attached hydrogen (secondary N) is 2. The van der Waals surface area contributed by atoms with Gasteiger partial charge in [-0.15, -0.1) is 0 Å². The monoisotopic (exact) mass is 302 g/mol. The van der Waals surface area contributed by atoms with E-state index in [9.17, 15) is 14.0 Å². The second-order valence-corrected chi connectivity index (χ2v) is 5.45. The largest absolute Gasteiger partial charge is 0.322 e. The van der Waals surface area contributed by atoms with Gasteiger partial charge < -0.3 is 10.6 Å². The number of halogens is 1. The molecule has 1 unspecified atom stereocenters. The molecule has 2 amide bonds. The molecular formula is C17H19FN2O2. The van der Waals surface area contributed by atoms with Crippen molar-refractivity contribution < 1.29 is 14.0 Å². The number of rotatable bonds is 4. The standard InChI is InChI=1S/C17H19FN2O2/c1-3-16(21)20-15-10-13(8-9-14(15)18)19-17(22)12-6-4-11(2)5-7-12/h3,6,8-11H,1,4-5,7H2,2H3,(H,19,22)(H,20,21). The third kappa shape index (κ3) is 4.04. The molecule has 0 radical (unpaired) electrons. The van der Waals surface area contributed by atoms with Crippen LogP contribution in [0.2, 0.25) is 0 Å². The van der Waals surface area contributed by atoms with Crippen molar-refractivity contribution in [1.82, 2.24) is 0 Å². The van der Waals surface area contributed by atoms with E-state index < -0.39 is 11.7 Å². The maximum atomic E-state index is 13.6. The predicted molar refractivity (Wildman–Crippen MR) is 85.0 cm³/mol. The third-order valence-corrected chi connectivity index (χ3v) is 3.63. The molecule has 0 bridgehead atoms. The van der Waals surface area contributed by atoms with Gasteiger partial charge in [0.1, 0.15) is 5.82 Å². The lowest BCUT2D eigenvalue weighted by Crippen LogP contribution is -2.18. The maximum Gasteiger partial charge on any atom is 0.251 e. The number of anilines is 2. The van der Waals surface area contributed by atoms with Crippen LogP contribution in [0.1, 0.15) is 26.2 Å². The Balaban J connectivity index is 2.09. The van der Waals surface area contributed by atoms with Gasteiger partial charge in [-0.2, -0.15) is 0 Å². The van der Waals surface area contributed by atoms with Crippen LogP contribution in [0, 0.1) is 11.7 Å². The number of carbonyl (C=O) groups is 2. The molecule has 0 aromatic heterocycles. The molecular weight excluding hydrogens is 283 g/mol. The Bertz CT molecular complexity index is 638. The zero-order valence-corrected chi connectivity index (χ0v) is 12.5. The molecule has 0 aliphatic heterocycles. The van der Waals surface area contributed by atoms with Crippen LogP contribution in [-0.2, 0) is 9.59 Å². The highest BCUT2D eigenvalue weighted by atomic mass is 19.1. The molecule has 4 nitrogen and oxygen atoms in total. The molecule has 1 aromatic rings. The van der Waals surface area contributed by atoms with E-state index in [1.54, 1.807) is 0 Å². The molecule has 0 spiro atoms. The first-order valence-electron chi connectivity index (χ1n) is 7.23. The molecule has 0 fully saturated rings. The summed E-state index contributed by atoms with van der Waals surface area (Å²) in [4.78, 5) is 23.4. The fraction of sp³-hybridized carbons (Fsp3) is 0.294. The van der Waals surface area contributed by atoms with Crippen LogP contribution in [0.4, 0.5) is 15.8 Å². The quantitative estimate of drug-likeness (QED) is 0.834. The number of amides is 2. The van der Waals surface area contributed by atoms with E-state index in [1.807, 2.05) is 6.08 Å². The van der Waals surface area contributed by atoms with E-state index in [4.69, 9.17) is 0 Å². The van der Waals surface area contributed by atoms with E-state index in [-0.39, 0.29) is 11.6 Å². The van der Waals surface area contributed by atoms with Crippen molar-refractivity contribution in [2.24, 2.45) is 5.92 Å². The van der Waals surface area contributed by atoms with Gasteiger partial charge in [-0.1, -0.05) is 19.6 Å². The molecule has 5 heteroatoms. The molecule has 0 heterocycles. The van der Waals surface area contributed by atoms with Crippen LogP contribution >= 0.6 is 0 Å². The molecule has 2 rings (SSSR count). The Morgan fingerprint density at radius 3 is 2.77 bits per heavy atom. The first-order chi connectivity index (χ1) is 10.5. The lowest BCUT2D eigenvalue weighted by atomic mass is 9.91. The zero-order chi connectivity index (χ0) is 16.1. The number of hydrogen-bond donors (Lipinski definition) is 2. The minimum absolute atomic E-state index is 0.00828. The summed E-state index contributed by atoms with van der Waals surface area (Å²) in [5.41, 5.74) is 1.19. The van der Waals surface area contributed by atoms with Gasteiger partial charge in [-0.05, 0) is 49.5 Å². The van der Waals surface area contributed by atoms with E-state index in [0.717, 1.165) is 30.9 Å². The van der Waals surface area contributed by atoms with E-state index in [2.05, 4.69) is 24.1 Å². The molecule has 1 aliphatic carbocycles. The lowest BCUT2D eigenvalue weighted by Gasteiger charge is -2.18. The van der Waals surface area contributed by atoms with Gasteiger partial charge in [-0.25, -0.2) is 4.39 Å². The van der Waals surface area contributed by atoms with Gasteiger partial charge in [0.25, 0.3) is 5.91 Å². The van der Waals surface area contributed by atoms with Gasteiger partial charge in [0.15, 0.2) is 0 Å². The summed E-state index contributed by atoms with van der Waals surface area (Å²) in [6, 6.07) is 4.05. The Morgan fingerprint density at radius 2 is 2.14 bits per heavy atom. The predicted octanol–water partition coefficient (Wildman–Crippen LogP) is 3.64. The van der Waals surface area contributed by atoms with Crippen LogP contribution in [-0.4, -0.2) is 11.8 Å². The van der Waals surface area contributed by atoms with Gasteiger partial charge >= 0.3 is 0 Å². The number of hydrogen-bond acceptors (Lipinski definition) is 2. The molecule has 1 aromatic carbocycles. The second kappa shape index (κ2) is 7.02. The average Bonchev–Trinajstić information content (AvgIpc) is 2.51. The van der Waals surface area contributed by atoms with Gasteiger partial charge in [0.05, 0.1) is 5.69 Å². The number of carbonyl (C=O) groups excluding carboxylic acids is 2. The van der Waals surface area contributed by atoms with E-state index >= 15 is 0 Å². The highest BCUT2D eigenvalue weighted by Gasteiger charge is 2.16. The van der Waals surface area contributed by atoms with Crippen molar-refractivity contribution in [3.05, 3.63) is 48.3 Å². The molecule has 22 heavy (non-hydrogen) atoms. The smallest absolute Gasteiger partial charge is 0.251 e. The molecule has 1 atom stereocenters. The Hall–Kier alpha value is -2.43. The summed E-state index contributed by atoms with van der Waals surface area (Å²) in [5, 5.41) is 5.10. The van der Waals surface area contributed by atoms with Gasteiger partial charge in [-0.3, -0.25) is 9.59 Å². The van der Waals surface area contributed by atoms with Gasteiger partial charge in [0.2, 0.25) is 5.91 Å². The van der Waals surface area contributed by atoms with Crippen LogP contribution in [0.15, 0.2) is 42.5 Å². The minimum atomic E-state index is -0.570. The topological polar surface area (TPSA) is 58.2 Å². The Kier molecular flexibility index (Phi) is 5.09. The van der Waals surface area contributed by atoms with Crippen molar-refractivity contribution in [1.29, 1.82) is 0 Å². The van der Waals surface area contributed by atoms with Crippen molar-refractivity contribution in [3.63, 3.8) is 0 Å². The first kappa shape index (κ1) is 15.9. The van der Waals surface area contributed by atoms with Crippen molar-refractivity contribution in [3.8, 4) is 0 Å². The Morgan fingerprint density at radius 1 is 1.36 bits per heavy atom. The first-order valence-corrected chi connectivity index (χ1v) is 7.23. The fourth-order valence-electron chi connectivity index (χ4n) is 2.27. The van der Waals surface area contributed by atoms with Crippen LogP contribution < -0.4 is 10.6 Å². The molecule has 2 N–H and O–H groups in total. The molecule has 1 aliphatic rings. The summed E-state index contributed by atoms with van der Waals surface area (Å²) in [5.74, 6) is -0.659. The van der Waals surface area contributed by atoms with E-state index in [0.29, 0.717) is 11.6 Å². The van der Waals surface area contributed by atoms with Crippen molar-refractivity contribution >= 4 is 23.2 Å². The normalized spacial score (nSPS) is 17.4. The maximum absolute atomic E-state index is 13.6. The summed E-state index contributed by atoms with van der Waals surface area (Å²) >= 11 is 0. The SMILES string of the molecule is C=CC(=O)Nc1cc(NC(=O)C2=CCC(C)CC2)ccc1F. The van der Waals surface area contributed by atoms with Crippen molar-refractivity contribution in [2.75, 3.05) is 10.6 Å². The molecule has 0 saturated heterocycles. The van der Waals surface area contributed by atoms with E-state index in [1.165, 1.54) is 18.2 Å². The number of allylic oxidation sites excluding steroid dienone is 1. The lowest BCUT2D eigenvalue weighted by molar-refractivity contribution is -0.113. The fourth-order valence-corrected chi connectivity index (χ4v) is 2.27. The summed E-state index contributed by atoms with van der Waals surface area (Å²) < 4.78 is 13.6. The summed E-state index contributed by atoms with van der Waals surface area (Å²) in [6.45, 7) is 5.47. The Labute approximate surface area is 129 Å². The highest BCUT2D eigenvalue weighted by Crippen LogP contribution is 2.25. The second-order valence-electron chi connectivity index (χ2n) is 5.45. The van der Waals surface area contributed by atoms with Crippen LogP contribution in [0.5, 0.6) is 0 Å². The van der Waals surface area contributed by atoms with Crippen LogP contribution in [0.25, 0.3) is 0 Å². The summed E-state index contributed by atoms with van der Waals surface area (Å²) in [6.07, 6.45) is 5.64.